The van der Waals surface area contributed by atoms with Crippen molar-refractivity contribution in [2.75, 3.05) is 13.1 Å². The average Bonchev–Trinajstić information content (AvgIpc) is 2.83. The molecule has 0 aromatic heterocycles. The molecule has 0 fully saturated rings. The van der Waals surface area contributed by atoms with Gasteiger partial charge in [0.05, 0.1) is 11.6 Å². The van der Waals surface area contributed by atoms with E-state index < -0.39 is 6.10 Å². The molecule has 0 radical (unpaired) electrons. The van der Waals surface area contributed by atoms with Crippen molar-refractivity contribution in [3.63, 3.8) is 0 Å². The molecule has 1 aliphatic heterocycles. The third-order valence-corrected chi connectivity index (χ3v) is 3.54. The third kappa shape index (κ3) is 2.62. The molecule has 0 spiro atoms. The maximum Gasteiger partial charge on any atom is 0.267 e. The molecule has 0 bridgehead atoms. The molecule has 102 valence electrons. The van der Waals surface area contributed by atoms with Gasteiger partial charge >= 0.3 is 0 Å². The van der Waals surface area contributed by atoms with Crippen molar-refractivity contribution >= 4 is 11.6 Å². The van der Waals surface area contributed by atoms with Gasteiger partial charge in [-0.05, 0) is 19.4 Å². The van der Waals surface area contributed by atoms with Crippen molar-refractivity contribution in [2.45, 2.75) is 26.9 Å². The molecular formula is C15H20N2O2. The minimum Gasteiger partial charge on any atom is -0.381 e. The van der Waals surface area contributed by atoms with Crippen molar-refractivity contribution < 1.29 is 9.63 Å². The molecule has 0 saturated heterocycles. The first-order valence-electron chi connectivity index (χ1n) is 6.77. The van der Waals surface area contributed by atoms with Crippen LogP contribution in [0.2, 0.25) is 0 Å². The van der Waals surface area contributed by atoms with Crippen LogP contribution in [0.3, 0.4) is 0 Å². The highest BCUT2D eigenvalue weighted by atomic mass is 16.6. The summed E-state index contributed by atoms with van der Waals surface area (Å²) in [4.78, 5) is 19.5. The lowest BCUT2D eigenvalue weighted by Gasteiger charge is -2.23. The molecule has 2 rings (SSSR count). The van der Waals surface area contributed by atoms with Crippen LogP contribution in [0.4, 0.5) is 0 Å². The lowest BCUT2D eigenvalue weighted by molar-refractivity contribution is -0.143. The molecule has 19 heavy (non-hydrogen) atoms. The Balaban J connectivity index is 2.13. The number of benzene rings is 1. The van der Waals surface area contributed by atoms with Crippen LogP contribution in [0.25, 0.3) is 0 Å². The van der Waals surface area contributed by atoms with Crippen LogP contribution in [0, 0.1) is 5.92 Å². The minimum absolute atomic E-state index is 0.0181. The van der Waals surface area contributed by atoms with Crippen molar-refractivity contribution in [1.29, 1.82) is 0 Å². The highest BCUT2D eigenvalue weighted by Gasteiger charge is 2.38. The topological polar surface area (TPSA) is 41.9 Å². The lowest BCUT2D eigenvalue weighted by atomic mass is 9.93. The van der Waals surface area contributed by atoms with E-state index in [1.807, 2.05) is 51.1 Å². The van der Waals surface area contributed by atoms with Crippen LogP contribution in [0.1, 0.15) is 26.3 Å². The highest BCUT2D eigenvalue weighted by Crippen LogP contribution is 2.24. The van der Waals surface area contributed by atoms with Gasteiger partial charge in [0.25, 0.3) is 5.91 Å². The molecule has 4 heteroatoms. The van der Waals surface area contributed by atoms with E-state index in [4.69, 9.17) is 4.84 Å². The lowest BCUT2D eigenvalue weighted by Crippen LogP contribution is -2.42. The second-order valence-corrected chi connectivity index (χ2v) is 4.67. The molecule has 1 amide bonds. The molecule has 0 saturated carbocycles. The van der Waals surface area contributed by atoms with E-state index >= 15 is 0 Å². The zero-order valence-electron chi connectivity index (χ0n) is 11.7. The number of likely N-dealkylation sites (N-methyl/N-ethyl adjacent to an activating group) is 1. The second-order valence-electron chi connectivity index (χ2n) is 4.67. The summed E-state index contributed by atoms with van der Waals surface area (Å²) < 4.78 is 0. The number of hydrogen-bond donors (Lipinski definition) is 0. The van der Waals surface area contributed by atoms with Crippen LogP contribution in [-0.2, 0) is 9.63 Å². The van der Waals surface area contributed by atoms with E-state index in [1.54, 1.807) is 4.90 Å². The van der Waals surface area contributed by atoms with Gasteiger partial charge in [-0.15, -0.1) is 0 Å². The smallest absolute Gasteiger partial charge is 0.267 e. The zero-order chi connectivity index (χ0) is 13.8. The number of oxime groups is 1. The Morgan fingerprint density at radius 2 is 1.89 bits per heavy atom. The first-order chi connectivity index (χ1) is 9.19. The zero-order valence-corrected chi connectivity index (χ0v) is 11.7. The van der Waals surface area contributed by atoms with Gasteiger partial charge < -0.3 is 9.74 Å². The van der Waals surface area contributed by atoms with E-state index in [1.165, 1.54) is 0 Å². The van der Waals surface area contributed by atoms with Crippen molar-refractivity contribution in [1.82, 2.24) is 4.90 Å². The third-order valence-electron chi connectivity index (χ3n) is 3.54. The minimum atomic E-state index is -0.491. The first-order valence-corrected chi connectivity index (χ1v) is 6.77. The molecule has 1 aromatic carbocycles. The number of carbonyl (C=O) groups is 1. The Labute approximate surface area is 114 Å². The van der Waals surface area contributed by atoms with Crippen molar-refractivity contribution in [3.05, 3.63) is 35.9 Å². The fourth-order valence-corrected chi connectivity index (χ4v) is 2.33. The molecule has 0 aliphatic carbocycles. The van der Waals surface area contributed by atoms with Crippen LogP contribution in [-0.4, -0.2) is 35.7 Å². The summed E-state index contributed by atoms with van der Waals surface area (Å²) in [5.41, 5.74) is 1.87. The van der Waals surface area contributed by atoms with E-state index in [0.717, 1.165) is 11.3 Å². The maximum atomic E-state index is 12.3. The normalized spacial score (nSPS) is 21.7. The van der Waals surface area contributed by atoms with Crippen LogP contribution in [0.5, 0.6) is 0 Å². The fraction of sp³-hybridized carbons (Fsp3) is 0.467. The van der Waals surface area contributed by atoms with Gasteiger partial charge in [0.15, 0.2) is 0 Å². The largest absolute Gasteiger partial charge is 0.381 e. The van der Waals surface area contributed by atoms with Gasteiger partial charge in [0, 0.05) is 13.1 Å². The van der Waals surface area contributed by atoms with Crippen LogP contribution < -0.4 is 0 Å². The highest BCUT2D eigenvalue weighted by molar-refractivity contribution is 6.05. The Morgan fingerprint density at radius 3 is 2.47 bits per heavy atom. The van der Waals surface area contributed by atoms with Crippen LogP contribution in [0.15, 0.2) is 35.5 Å². The van der Waals surface area contributed by atoms with E-state index in [0.29, 0.717) is 13.1 Å². The van der Waals surface area contributed by atoms with E-state index in [9.17, 15) is 4.79 Å². The standard InChI is InChI=1S/C15H20N2O2/c1-4-17(5-2)15(18)14-11(3)13(16-19-14)12-9-7-6-8-10-12/h6-11,14H,4-5H2,1-3H3/t11-,14-/m1/s1. The Bertz CT molecular complexity index is 466. The second kappa shape index (κ2) is 5.87. The van der Waals surface area contributed by atoms with Gasteiger partial charge in [-0.3, -0.25) is 4.79 Å². The summed E-state index contributed by atoms with van der Waals surface area (Å²) >= 11 is 0. The van der Waals surface area contributed by atoms with Gasteiger partial charge in [0.1, 0.15) is 0 Å². The summed E-state index contributed by atoms with van der Waals surface area (Å²) in [6, 6.07) is 9.86. The Kier molecular flexibility index (Phi) is 4.20. The van der Waals surface area contributed by atoms with Gasteiger partial charge in [0.2, 0.25) is 6.10 Å². The molecular weight excluding hydrogens is 240 g/mol. The summed E-state index contributed by atoms with van der Waals surface area (Å²) in [5.74, 6) is 0.00248. The van der Waals surface area contributed by atoms with Crippen molar-refractivity contribution in [3.8, 4) is 0 Å². The SMILES string of the molecule is CCN(CC)C(=O)[C@@H]1ON=C(c2ccccc2)[C@H]1C. The van der Waals surface area contributed by atoms with Crippen LogP contribution >= 0.6 is 0 Å². The number of rotatable bonds is 4. The molecule has 0 N–H and O–H groups in total. The van der Waals surface area contributed by atoms with E-state index in [2.05, 4.69) is 5.16 Å². The summed E-state index contributed by atoms with van der Waals surface area (Å²) in [7, 11) is 0. The first kappa shape index (κ1) is 13.6. The maximum absolute atomic E-state index is 12.3. The predicted molar refractivity (Wildman–Crippen MR) is 74.9 cm³/mol. The molecule has 2 atom stereocenters. The quantitative estimate of drug-likeness (QED) is 0.833. The van der Waals surface area contributed by atoms with Gasteiger partial charge in [-0.25, -0.2) is 0 Å². The van der Waals surface area contributed by atoms with E-state index in [-0.39, 0.29) is 11.8 Å². The molecule has 1 heterocycles. The molecule has 1 aliphatic rings. The number of nitrogens with zero attached hydrogens (tertiary/aromatic N) is 2. The number of carbonyl (C=O) groups excluding carboxylic acids is 1. The summed E-state index contributed by atoms with van der Waals surface area (Å²) in [5, 5.41) is 4.11. The molecule has 1 aromatic rings. The fourth-order valence-electron chi connectivity index (χ4n) is 2.33. The predicted octanol–water partition coefficient (Wildman–Crippen LogP) is 2.29. The number of hydrogen-bond acceptors (Lipinski definition) is 3. The number of amides is 1. The summed E-state index contributed by atoms with van der Waals surface area (Å²) in [6.07, 6.45) is -0.491. The van der Waals surface area contributed by atoms with Gasteiger partial charge in [-0.2, -0.15) is 0 Å². The average molecular weight is 260 g/mol. The van der Waals surface area contributed by atoms with Gasteiger partial charge in [-0.1, -0.05) is 42.4 Å². The summed E-state index contributed by atoms with van der Waals surface area (Å²) in [6.45, 7) is 7.33. The monoisotopic (exact) mass is 260 g/mol. The van der Waals surface area contributed by atoms with Crippen molar-refractivity contribution in [2.24, 2.45) is 11.1 Å². The Morgan fingerprint density at radius 1 is 1.26 bits per heavy atom. The Hall–Kier alpha value is -1.84. The molecule has 4 nitrogen and oxygen atoms in total. The molecule has 0 unspecified atom stereocenters.